The zero-order valence-electron chi connectivity index (χ0n) is 14.4. The van der Waals surface area contributed by atoms with Gasteiger partial charge < -0.3 is 20.1 Å². The van der Waals surface area contributed by atoms with Gasteiger partial charge in [0.2, 0.25) is 5.95 Å². The normalized spacial score (nSPS) is 10.3. The smallest absolute Gasteiger partial charge is 0.337 e. The van der Waals surface area contributed by atoms with Gasteiger partial charge in [-0.25, -0.2) is 14.8 Å². The Bertz CT molecular complexity index is 785. The highest BCUT2D eigenvalue weighted by Gasteiger charge is 2.14. The lowest BCUT2D eigenvalue weighted by Gasteiger charge is -2.09. The minimum absolute atomic E-state index is 0.161. The molecule has 2 N–H and O–H groups in total. The quantitative estimate of drug-likeness (QED) is 0.537. The summed E-state index contributed by atoms with van der Waals surface area (Å²) in [4.78, 5) is 32.3. The van der Waals surface area contributed by atoms with E-state index in [0.717, 1.165) is 6.42 Å². The summed E-state index contributed by atoms with van der Waals surface area (Å²) in [5.74, 6) is -0.666. The molecule has 0 aliphatic heterocycles. The molecule has 0 unspecified atom stereocenters. The number of nitrogens with one attached hydrogen (secondary N) is 2. The average molecular weight is 379 g/mol. The number of carbonyl (C=O) groups is 2. The molecule has 0 aliphatic carbocycles. The topological polar surface area (TPSA) is 102 Å². The van der Waals surface area contributed by atoms with Crippen molar-refractivity contribution in [2.45, 2.75) is 6.42 Å². The molecule has 1 heterocycles. The van der Waals surface area contributed by atoms with Crippen LogP contribution in [0.2, 0.25) is 5.02 Å². The van der Waals surface area contributed by atoms with Gasteiger partial charge in [-0.15, -0.1) is 0 Å². The van der Waals surface area contributed by atoms with Crippen molar-refractivity contribution in [3.05, 3.63) is 46.7 Å². The summed E-state index contributed by atoms with van der Waals surface area (Å²) in [7, 11) is 2.90. The summed E-state index contributed by atoms with van der Waals surface area (Å²) in [5, 5.41) is 5.93. The lowest BCUT2D eigenvalue weighted by atomic mass is 10.2. The van der Waals surface area contributed by atoms with Gasteiger partial charge in [0, 0.05) is 26.5 Å². The maximum Gasteiger partial charge on any atom is 0.337 e. The molecular weight excluding hydrogens is 360 g/mol. The first kappa shape index (κ1) is 19.6. The number of hydrogen-bond acceptors (Lipinski definition) is 7. The van der Waals surface area contributed by atoms with Gasteiger partial charge in [-0.1, -0.05) is 11.6 Å². The number of carbonyl (C=O) groups excluding carboxylic acids is 2. The molecule has 9 heteroatoms. The van der Waals surface area contributed by atoms with Crippen LogP contribution < -0.4 is 10.6 Å². The van der Waals surface area contributed by atoms with E-state index in [4.69, 9.17) is 16.3 Å². The van der Waals surface area contributed by atoms with Crippen LogP contribution in [0.3, 0.4) is 0 Å². The number of benzene rings is 1. The number of esters is 1. The number of ether oxygens (including phenoxy) is 2. The van der Waals surface area contributed by atoms with Crippen molar-refractivity contribution in [3.8, 4) is 0 Å². The molecule has 0 atom stereocenters. The third-order valence-corrected chi connectivity index (χ3v) is 3.66. The molecule has 1 amide bonds. The van der Waals surface area contributed by atoms with E-state index in [1.54, 1.807) is 7.11 Å². The summed E-state index contributed by atoms with van der Waals surface area (Å²) < 4.78 is 9.62. The SMILES string of the molecule is COCCCNc1nccc(C(=O)Nc2cc(C(=O)OC)ccc2Cl)n1. The van der Waals surface area contributed by atoms with E-state index in [2.05, 4.69) is 25.3 Å². The van der Waals surface area contributed by atoms with Gasteiger partial charge in [-0.05, 0) is 30.7 Å². The fourth-order valence-electron chi connectivity index (χ4n) is 2.04. The average Bonchev–Trinajstić information content (AvgIpc) is 2.66. The van der Waals surface area contributed by atoms with E-state index in [1.165, 1.54) is 37.6 Å². The molecule has 8 nitrogen and oxygen atoms in total. The minimum atomic E-state index is -0.526. The Morgan fingerprint density at radius 3 is 2.77 bits per heavy atom. The molecule has 0 spiro atoms. The van der Waals surface area contributed by atoms with Crippen molar-refractivity contribution in [2.24, 2.45) is 0 Å². The van der Waals surface area contributed by atoms with E-state index < -0.39 is 11.9 Å². The highest BCUT2D eigenvalue weighted by atomic mass is 35.5. The molecule has 26 heavy (non-hydrogen) atoms. The van der Waals surface area contributed by atoms with Crippen LogP contribution in [0.15, 0.2) is 30.5 Å². The molecule has 2 aromatic rings. The molecular formula is C17H19ClN4O4. The molecule has 0 bridgehead atoms. The number of nitrogens with zero attached hydrogens (tertiary/aromatic N) is 2. The van der Waals surface area contributed by atoms with Gasteiger partial charge in [0.1, 0.15) is 5.69 Å². The van der Waals surface area contributed by atoms with Gasteiger partial charge >= 0.3 is 5.97 Å². The first-order valence-corrected chi connectivity index (χ1v) is 8.18. The Balaban J connectivity index is 2.09. The second-order valence-corrected chi connectivity index (χ2v) is 5.59. The summed E-state index contributed by atoms with van der Waals surface area (Å²) in [6.45, 7) is 1.23. The van der Waals surface area contributed by atoms with Crippen molar-refractivity contribution in [1.82, 2.24) is 9.97 Å². The zero-order valence-corrected chi connectivity index (χ0v) is 15.2. The number of hydrogen-bond donors (Lipinski definition) is 2. The molecule has 0 saturated carbocycles. The molecule has 2 rings (SSSR count). The Hall–Kier alpha value is -2.71. The standard InChI is InChI=1S/C17H19ClN4O4/c1-25-9-3-7-19-17-20-8-6-13(22-17)15(23)21-14-10-11(16(24)26-2)4-5-12(14)18/h4-6,8,10H,3,7,9H2,1-2H3,(H,21,23)(H,19,20,22). The van der Waals surface area contributed by atoms with Crippen LogP contribution in [0.5, 0.6) is 0 Å². The van der Waals surface area contributed by atoms with Crippen LogP contribution in [0.4, 0.5) is 11.6 Å². The third-order valence-electron chi connectivity index (χ3n) is 3.33. The van der Waals surface area contributed by atoms with E-state index >= 15 is 0 Å². The summed E-state index contributed by atoms with van der Waals surface area (Å²) >= 11 is 6.08. The van der Waals surface area contributed by atoms with Crippen LogP contribution in [-0.2, 0) is 9.47 Å². The Morgan fingerprint density at radius 2 is 2.04 bits per heavy atom. The van der Waals surface area contributed by atoms with Crippen molar-refractivity contribution in [2.75, 3.05) is 38.0 Å². The molecule has 1 aromatic carbocycles. The number of methoxy groups -OCH3 is 2. The highest BCUT2D eigenvalue weighted by molar-refractivity contribution is 6.34. The molecule has 0 fully saturated rings. The van der Waals surface area contributed by atoms with Crippen LogP contribution in [0.25, 0.3) is 0 Å². The maximum atomic E-state index is 12.4. The maximum absolute atomic E-state index is 12.4. The number of anilines is 2. The fraction of sp³-hybridized carbons (Fsp3) is 0.294. The second kappa shape index (κ2) is 9.69. The molecule has 0 radical (unpaired) electrons. The van der Waals surface area contributed by atoms with Gasteiger partial charge in [-0.2, -0.15) is 0 Å². The van der Waals surface area contributed by atoms with E-state index in [9.17, 15) is 9.59 Å². The molecule has 0 aliphatic rings. The number of rotatable bonds is 8. The molecule has 0 saturated heterocycles. The van der Waals surface area contributed by atoms with Crippen LogP contribution in [0, 0.1) is 0 Å². The van der Waals surface area contributed by atoms with Crippen LogP contribution in [0.1, 0.15) is 27.3 Å². The van der Waals surface area contributed by atoms with E-state index in [1.807, 2.05) is 0 Å². The Kier molecular flexibility index (Phi) is 7.31. The fourth-order valence-corrected chi connectivity index (χ4v) is 2.20. The van der Waals surface area contributed by atoms with Crippen molar-refractivity contribution in [3.63, 3.8) is 0 Å². The first-order chi connectivity index (χ1) is 12.5. The third kappa shape index (κ3) is 5.40. The summed E-state index contributed by atoms with van der Waals surface area (Å²) in [6, 6.07) is 5.94. The van der Waals surface area contributed by atoms with Crippen molar-refractivity contribution < 1.29 is 19.1 Å². The second-order valence-electron chi connectivity index (χ2n) is 5.18. The highest BCUT2D eigenvalue weighted by Crippen LogP contribution is 2.24. The zero-order chi connectivity index (χ0) is 18.9. The van der Waals surface area contributed by atoms with Gasteiger partial charge in [0.05, 0.1) is 23.4 Å². The number of amides is 1. The van der Waals surface area contributed by atoms with Crippen LogP contribution in [-0.4, -0.2) is 49.2 Å². The minimum Gasteiger partial charge on any atom is -0.465 e. The van der Waals surface area contributed by atoms with Crippen molar-refractivity contribution >= 4 is 35.1 Å². The lowest BCUT2D eigenvalue weighted by Crippen LogP contribution is -2.16. The van der Waals surface area contributed by atoms with E-state index in [0.29, 0.717) is 19.1 Å². The van der Waals surface area contributed by atoms with Gasteiger partial charge in [0.15, 0.2) is 0 Å². The number of aromatic nitrogens is 2. The predicted molar refractivity (Wildman–Crippen MR) is 97.8 cm³/mol. The van der Waals surface area contributed by atoms with Gasteiger partial charge in [-0.3, -0.25) is 4.79 Å². The van der Waals surface area contributed by atoms with E-state index in [-0.39, 0.29) is 22.0 Å². The first-order valence-electron chi connectivity index (χ1n) is 7.80. The van der Waals surface area contributed by atoms with Crippen molar-refractivity contribution in [1.29, 1.82) is 0 Å². The Labute approximate surface area is 155 Å². The monoisotopic (exact) mass is 378 g/mol. The molecule has 1 aromatic heterocycles. The molecule has 138 valence electrons. The summed E-state index contributed by atoms with van der Waals surface area (Å²) in [6.07, 6.45) is 2.26. The number of halogens is 1. The lowest BCUT2D eigenvalue weighted by molar-refractivity contribution is 0.0600. The van der Waals surface area contributed by atoms with Crippen LogP contribution >= 0.6 is 11.6 Å². The largest absolute Gasteiger partial charge is 0.465 e. The Morgan fingerprint density at radius 1 is 1.23 bits per heavy atom. The predicted octanol–water partition coefficient (Wildman–Crippen LogP) is 2.62. The summed E-state index contributed by atoms with van der Waals surface area (Å²) in [5.41, 5.74) is 0.719. The van der Waals surface area contributed by atoms with Gasteiger partial charge in [0.25, 0.3) is 5.91 Å².